The van der Waals surface area contributed by atoms with Gasteiger partial charge in [-0.2, -0.15) is 4.98 Å². The number of hydrogen-bond acceptors (Lipinski definition) is 4. The summed E-state index contributed by atoms with van der Waals surface area (Å²) < 4.78 is 29.4. The molecule has 1 N–H and O–H groups in total. The Morgan fingerprint density at radius 2 is 1.79 bits per heavy atom. The summed E-state index contributed by atoms with van der Waals surface area (Å²) in [5.41, 5.74) is 0. The van der Waals surface area contributed by atoms with Gasteiger partial charge in [-0.15, -0.1) is 0 Å². The van der Waals surface area contributed by atoms with Crippen molar-refractivity contribution in [1.29, 1.82) is 0 Å². The molecule has 4 nitrogen and oxygen atoms in total. The number of aromatic nitrogens is 2. The quantitative estimate of drug-likeness (QED) is 0.916. The van der Waals surface area contributed by atoms with Crippen molar-refractivity contribution >= 4 is 0 Å². The van der Waals surface area contributed by atoms with Gasteiger partial charge in [0.2, 0.25) is 5.89 Å². The summed E-state index contributed by atoms with van der Waals surface area (Å²) >= 11 is 0. The minimum absolute atomic E-state index is 0.102. The lowest BCUT2D eigenvalue weighted by Crippen LogP contribution is -2.20. The largest absolute Gasteiger partial charge is 0.387 e. The van der Waals surface area contributed by atoms with E-state index in [0.717, 1.165) is 25.7 Å². The van der Waals surface area contributed by atoms with E-state index in [4.69, 9.17) is 9.63 Å². The van der Waals surface area contributed by atoms with Crippen molar-refractivity contribution < 1.29 is 18.4 Å². The number of nitrogens with zero attached hydrogens (tertiary/aromatic N) is 2. The molecule has 1 aliphatic carbocycles. The smallest absolute Gasteiger partial charge is 0.264 e. The predicted molar refractivity (Wildman–Crippen MR) is 65.1 cm³/mol. The topological polar surface area (TPSA) is 59.2 Å². The van der Waals surface area contributed by atoms with Crippen molar-refractivity contribution in [3.8, 4) is 0 Å². The first-order valence-electron chi connectivity index (χ1n) is 6.95. The van der Waals surface area contributed by atoms with Gasteiger partial charge in [-0.25, -0.2) is 8.78 Å². The van der Waals surface area contributed by atoms with E-state index >= 15 is 0 Å². The molecule has 1 aromatic heterocycles. The Balaban J connectivity index is 1.95. The highest BCUT2D eigenvalue weighted by molar-refractivity contribution is 4.97. The molecule has 6 heteroatoms. The monoisotopic (exact) mass is 274 g/mol. The van der Waals surface area contributed by atoms with Gasteiger partial charge in [0, 0.05) is 5.92 Å². The summed E-state index contributed by atoms with van der Waals surface area (Å²) in [5, 5.41) is 13.0. The van der Waals surface area contributed by atoms with E-state index < -0.39 is 12.5 Å². The van der Waals surface area contributed by atoms with Crippen molar-refractivity contribution in [2.45, 2.75) is 69.8 Å². The zero-order chi connectivity index (χ0) is 13.7. The molecule has 1 unspecified atom stereocenters. The average Bonchev–Trinajstić information content (AvgIpc) is 2.76. The summed E-state index contributed by atoms with van der Waals surface area (Å²) in [7, 11) is 0. The van der Waals surface area contributed by atoms with Gasteiger partial charge < -0.3 is 9.63 Å². The van der Waals surface area contributed by atoms with Crippen LogP contribution < -0.4 is 0 Å². The number of alkyl halides is 2. The van der Waals surface area contributed by atoms with Crippen LogP contribution in [0.25, 0.3) is 0 Å². The zero-order valence-electron chi connectivity index (χ0n) is 10.9. The molecule has 0 saturated heterocycles. The van der Waals surface area contributed by atoms with Gasteiger partial charge in [0.25, 0.3) is 6.43 Å². The molecule has 0 aliphatic heterocycles. The summed E-state index contributed by atoms with van der Waals surface area (Å²) in [6.07, 6.45) is 3.29. The molecule has 0 radical (unpaired) electrons. The van der Waals surface area contributed by atoms with E-state index in [2.05, 4.69) is 10.1 Å². The first-order chi connectivity index (χ1) is 9.16. The average molecular weight is 274 g/mol. The molecular formula is C13H20F2N2O2. The van der Waals surface area contributed by atoms with Crippen molar-refractivity contribution in [1.82, 2.24) is 10.1 Å². The van der Waals surface area contributed by atoms with Crippen LogP contribution in [0.4, 0.5) is 8.78 Å². The maximum atomic E-state index is 12.2. The standard InChI is InChI=1S/C13H20F2N2O2/c14-12(15)10(18)8-11-16-13(17-19-11)9-6-4-2-1-3-5-7-9/h9-10,12,18H,1-8H2. The van der Waals surface area contributed by atoms with Crippen LogP contribution in [-0.2, 0) is 6.42 Å². The van der Waals surface area contributed by atoms with Crippen LogP contribution in [0, 0.1) is 0 Å². The molecule has 0 amide bonds. The van der Waals surface area contributed by atoms with Gasteiger partial charge in [0.1, 0.15) is 6.10 Å². The number of halogens is 2. The van der Waals surface area contributed by atoms with Crippen molar-refractivity contribution in [3.05, 3.63) is 11.7 Å². The molecule has 108 valence electrons. The molecule has 0 bridgehead atoms. The summed E-state index contributed by atoms with van der Waals surface area (Å²) in [6, 6.07) is 0. The van der Waals surface area contributed by atoms with E-state index in [1.807, 2.05) is 0 Å². The Morgan fingerprint density at radius 3 is 2.42 bits per heavy atom. The number of aliphatic hydroxyl groups is 1. The van der Waals surface area contributed by atoms with E-state index in [0.29, 0.717) is 5.82 Å². The van der Waals surface area contributed by atoms with E-state index in [-0.39, 0.29) is 18.2 Å². The Kier molecular flexibility index (Phi) is 5.24. The Hall–Kier alpha value is -1.04. The molecule has 2 rings (SSSR count). The predicted octanol–water partition coefficient (Wildman–Crippen LogP) is 3.07. The molecule has 1 aromatic rings. The fourth-order valence-electron chi connectivity index (χ4n) is 2.50. The number of hydrogen-bond donors (Lipinski definition) is 1. The van der Waals surface area contributed by atoms with Crippen LogP contribution >= 0.6 is 0 Å². The summed E-state index contributed by atoms with van der Waals surface area (Å²) in [5.74, 6) is 0.977. The molecule has 0 spiro atoms. The van der Waals surface area contributed by atoms with Crippen LogP contribution in [0.2, 0.25) is 0 Å². The second-order valence-corrected chi connectivity index (χ2v) is 5.19. The second kappa shape index (κ2) is 6.93. The molecule has 0 aromatic carbocycles. The SMILES string of the molecule is OC(Cc1nc(C2CCCCCCC2)no1)C(F)F. The highest BCUT2D eigenvalue weighted by Crippen LogP contribution is 2.29. The fourth-order valence-corrected chi connectivity index (χ4v) is 2.50. The highest BCUT2D eigenvalue weighted by Gasteiger charge is 2.23. The molecular weight excluding hydrogens is 254 g/mol. The first kappa shape index (κ1) is 14.4. The molecule has 1 atom stereocenters. The molecule has 19 heavy (non-hydrogen) atoms. The Labute approximate surface area is 111 Å². The minimum atomic E-state index is -2.78. The minimum Gasteiger partial charge on any atom is -0.387 e. The van der Waals surface area contributed by atoms with Crippen molar-refractivity contribution in [3.63, 3.8) is 0 Å². The maximum Gasteiger partial charge on any atom is 0.264 e. The van der Waals surface area contributed by atoms with Gasteiger partial charge in [-0.1, -0.05) is 37.3 Å². The van der Waals surface area contributed by atoms with Gasteiger partial charge in [-0.05, 0) is 12.8 Å². The van der Waals surface area contributed by atoms with Gasteiger partial charge >= 0.3 is 0 Å². The van der Waals surface area contributed by atoms with Crippen LogP contribution in [-0.4, -0.2) is 27.8 Å². The summed E-state index contributed by atoms with van der Waals surface area (Å²) in [6.45, 7) is 0. The third-order valence-corrected chi connectivity index (χ3v) is 3.63. The summed E-state index contributed by atoms with van der Waals surface area (Å²) in [4.78, 5) is 4.16. The fraction of sp³-hybridized carbons (Fsp3) is 0.846. The molecule has 1 aliphatic rings. The molecule has 1 heterocycles. The van der Waals surface area contributed by atoms with E-state index in [9.17, 15) is 8.78 Å². The van der Waals surface area contributed by atoms with Crippen LogP contribution in [0.1, 0.15) is 62.6 Å². The van der Waals surface area contributed by atoms with Crippen LogP contribution in [0.5, 0.6) is 0 Å². The second-order valence-electron chi connectivity index (χ2n) is 5.19. The lowest BCUT2D eigenvalue weighted by atomic mass is 9.91. The van der Waals surface area contributed by atoms with Gasteiger partial charge in [0.15, 0.2) is 5.82 Å². The van der Waals surface area contributed by atoms with E-state index in [1.54, 1.807) is 0 Å². The molecule has 1 saturated carbocycles. The third kappa shape index (κ3) is 4.23. The lowest BCUT2D eigenvalue weighted by Gasteiger charge is -2.15. The Morgan fingerprint density at radius 1 is 1.16 bits per heavy atom. The lowest BCUT2D eigenvalue weighted by molar-refractivity contribution is -0.00754. The maximum absolute atomic E-state index is 12.2. The van der Waals surface area contributed by atoms with Crippen LogP contribution in [0.15, 0.2) is 4.52 Å². The third-order valence-electron chi connectivity index (χ3n) is 3.63. The zero-order valence-corrected chi connectivity index (χ0v) is 10.9. The van der Waals surface area contributed by atoms with Crippen molar-refractivity contribution in [2.24, 2.45) is 0 Å². The van der Waals surface area contributed by atoms with E-state index in [1.165, 1.54) is 19.3 Å². The number of rotatable bonds is 4. The van der Waals surface area contributed by atoms with Gasteiger partial charge in [-0.3, -0.25) is 0 Å². The van der Waals surface area contributed by atoms with Crippen molar-refractivity contribution in [2.75, 3.05) is 0 Å². The normalized spacial score (nSPS) is 20.2. The van der Waals surface area contributed by atoms with Gasteiger partial charge in [0.05, 0.1) is 6.42 Å². The van der Waals surface area contributed by atoms with Crippen LogP contribution in [0.3, 0.4) is 0 Å². The first-order valence-corrected chi connectivity index (χ1v) is 6.95. The highest BCUT2D eigenvalue weighted by atomic mass is 19.3. The molecule has 1 fully saturated rings. The number of aliphatic hydroxyl groups excluding tert-OH is 1. The Bertz CT molecular complexity index is 376.